The molecule has 1 aliphatic rings. The number of nitrogens with one attached hydrogen (secondary N) is 2. The zero-order chi connectivity index (χ0) is 10.6. The molecule has 1 fully saturated rings. The molecule has 1 heterocycles. The van der Waals surface area contributed by atoms with Gasteiger partial charge in [0.05, 0.1) is 11.6 Å². The summed E-state index contributed by atoms with van der Waals surface area (Å²) < 4.78 is 0. The van der Waals surface area contributed by atoms with E-state index in [2.05, 4.69) is 10.6 Å². The van der Waals surface area contributed by atoms with Crippen molar-refractivity contribution in [2.75, 3.05) is 13.1 Å². The van der Waals surface area contributed by atoms with Gasteiger partial charge in [0.25, 0.3) is 0 Å². The number of amides is 1. The molecule has 0 aromatic rings. The Kier molecular flexibility index (Phi) is 3.89. The predicted octanol–water partition coefficient (Wildman–Crippen LogP) is 0.0156. The lowest BCUT2D eigenvalue weighted by atomic mass is 9.90. The largest absolute Gasteiger partial charge is 0.392 e. The van der Waals surface area contributed by atoms with E-state index in [0.717, 1.165) is 25.8 Å². The van der Waals surface area contributed by atoms with Gasteiger partial charge in [0.15, 0.2) is 0 Å². The van der Waals surface area contributed by atoms with Crippen LogP contribution in [-0.2, 0) is 4.79 Å². The number of aliphatic hydroxyl groups excluding tert-OH is 1. The van der Waals surface area contributed by atoms with Crippen LogP contribution in [-0.4, -0.2) is 35.7 Å². The normalized spacial score (nSPS) is 29.6. The van der Waals surface area contributed by atoms with Crippen molar-refractivity contribution in [3.8, 4) is 0 Å². The molecule has 0 aromatic heterocycles. The molecule has 0 radical (unpaired) electrons. The molecule has 1 rings (SSSR count). The van der Waals surface area contributed by atoms with Crippen LogP contribution in [0.3, 0.4) is 0 Å². The van der Waals surface area contributed by atoms with Crippen LogP contribution in [0.4, 0.5) is 0 Å². The smallest absolute Gasteiger partial charge is 0.240 e. The Hall–Kier alpha value is -0.610. The lowest BCUT2D eigenvalue weighted by molar-refractivity contribution is -0.128. The van der Waals surface area contributed by atoms with E-state index in [1.54, 1.807) is 6.92 Å². The molecule has 2 atom stereocenters. The molecule has 0 saturated carbocycles. The highest BCUT2D eigenvalue weighted by molar-refractivity contribution is 5.85. The first-order chi connectivity index (χ1) is 6.54. The van der Waals surface area contributed by atoms with E-state index in [4.69, 9.17) is 5.11 Å². The van der Waals surface area contributed by atoms with Crippen molar-refractivity contribution < 1.29 is 9.90 Å². The second-order valence-electron chi connectivity index (χ2n) is 4.28. The summed E-state index contributed by atoms with van der Waals surface area (Å²) in [5.74, 6) is -0.00176. The molecule has 82 valence electrons. The molecule has 14 heavy (non-hydrogen) atoms. The van der Waals surface area contributed by atoms with Gasteiger partial charge >= 0.3 is 0 Å². The molecule has 1 unspecified atom stereocenters. The number of piperidine rings is 1. The third kappa shape index (κ3) is 2.96. The average Bonchev–Trinajstić information content (AvgIpc) is 2.15. The van der Waals surface area contributed by atoms with Gasteiger partial charge in [-0.1, -0.05) is 0 Å². The number of aliphatic hydroxyl groups is 1. The molecule has 3 N–H and O–H groups in total. The summed E-state index contributed by atoms with van der Waals surface area (Å²) in [7, 11) is 0. The molecule has 4 heteroatoms. The zero-order valence-corrected chi connectivity index (χ0v) is 8.97. The fourth-order valence-corrected chi connectivity index (χ4v) is 1.69. The molecule has 0 aliphatic carbocycles. The number of hydrogen-bond acceptors (Lipinski definition) is 3. The SMILES string of the molecule is C[C@H](O)CNC(=O)C1(C)CCCCN1. The van der Waals surface area contributed by atoms with Gasteiger partial charge in [-0.25, -0.2) is 0 Å². The van der Waals surface area contributed by atoms with Crippen LogP contribution in [0.1, 0.15) is 33.1 Å². The minimum atomic E-state index is -0.480. The Bertz CT molecular complexity index is 198. The number of carbonyl (C=O) groups excluding carboxylic acids is 1. The van der Waals surface area contributed by atoms with Gasteiger partial charge in [-0.15, -0.1) is 0 Å². The van der Waals surface area contributed by atoms with Gasteiger partial charge in [-0.2, -0.15) is 0 Å². The third-order valence-electron chi connectivity index (χ3n) is 2.68. The van der Waals surface area contributed by atoms with Crippen molar-refractivity contribution in [3.63, 3.8) is 0 Å². The molecule has 1 amide bonds. The standard InChI is InChI=1S/C10H20N2O2/c1-8(13)7-11-9(14)10(2)5-3-4-6-12-10/h8,12-13H,3-7H2,1-2H3,(H,11,14)/t8-,10?/m0/s1. The molecule has 0 bridgehead atoms. The van der Waals surface area contributed by atoms with Crippen molar-refractivity contribution in [1.29, 1.82) is 0 Å². The Labute approximate surface area is 85.1 Å². The van der Waals surface area contributed by atoms with Gasteiger partial charge in [-0.05, 0) is 39.7 Å². The summed E-state index contributed by atoms with van der Waals surface area (Å²) in [4.78, 5) is 11.7. The average molecular weight is 200 g/mol. The van der Waals surface area contributed by atoms with Gasteiger partial charge in [0.2, 0.25) is 5.91 Å². The molecule has 1 saturated heterocycles. The molecule has 0 spiro atoms. The summed E-state index contributed by atoms with van der Waals surface area (Å²) in [6.45, 7) is 4.81. The van der Waals surface area contributed by atoms with Crippen LogP contribution in [0, 0.1) is 0 Å². The maximum absolute atomic E-state index is 11.7. The molecular formula is C10H20N2O2. The van der Waals surface area contributed by atoms with E-state index >= 15 is 0 Å². The van der Waals surface area contributed by atoms with E-state index < -0.39 is 11.6 Å². The minimum Gasteiger partial charge on any atom is -0.392 e. The van der Waals surface area contributed by atoms with Crippen molar-refractivity contribution in [2.45, 2.75) is 44.8 Å². The number of carbonyl (C=O) groups is 1. The first kappa shape index (κ1) is 11.5. The predicted molar refractivity (Wildman–Crippen MR) is 54.9 cm³/mol. The third-order valence-corrected chi connectivity index (χ3v) is 2.68. The molecule has 4 nitrogen and oxygen atoms in total. The van der Waals surface area contributed by atoms with Crippen LogP contribution >= 0.6 is 0 Å². The van der Waals surface area contributed by atoms with E-state index in [0.29, 0.717) is 6.54 Å². The lowest BCUT2D eigenvalue weighted by Gasteiger charge is -2.33. The highest BCUT2D eigenvalue weighted by atomic mass is 16.3. The second-order valence-corrected chi connectivity index (χ2v) is 4.28. The lowest BCUT2D eigenvalue weighted by Crippen LogP contribution is -2.57. The summed E-state index contributed by atoms with van der Waals surface area (Å²) in [6, 6.07) is 0. The van der Waals surface area contributed by atoms with Gasteiger partial charge in [0, 0.05) is 6.54 Å². The fourth-order valence-electron chi connectivity index (χ4n) is 1.69. The quantitative estimate of drug-likeness (QED) is 0.601. The van der Waals surface area contributed by atoms with Crippen molar-refractivity contribution >= 4 is 5.91 Å². The van der Waals surface area contributed by atoms with Crippen LogP contribution in [0.2, 0.25) is 0 Å². The van der Waals surface area contributed by atoms with Crippen molar-refractivity contribution in [1.82, 2.24) is 10.6 Å². The van der Waals surface area contributed by atoms with Crippen LogP contribution in [0.15, 0.2) is 0 Å². The van der Waals surface area contributed by atoms with E-state index in [-0.39, 0.29) is 5.91 Å². The van der Waals surface area contributed by atoms with Gasteiger partial charge in [-0.3, -0.25) is 4.79 Å². The van der Waals surface area contributed by atoms with Crippen molar-refractivity contribution in [3.05, 3.63) is 0 Å². The Morgan fingerprint density at radius 3 is 2.86 bits per heavy atom. The van der Waals surface area contributed by atoms with Crippen molar-refractivity contribution in [2.24, 2.45) is 0 Å². The number of rotatable bonds is 3. The van der Waals surface area contributed by atoms with Crippen LogP contribution in [0.5, 0.6) is 0 Å². The summed E-state index contributed by atoms with van der Waals surface area (Å²) in [5.41, 5.74) is -0.437. The highest BCUT2D eigenvalue weighted by Gasteiger charge is 2.33. The van der Waals surface area contributed by atoms with Gasteiger partial charge in [0.1, 0.15) is 0 Å². The fraction of sp³-hybridized carbons (Fsp3) is 0.900. The minimum absolute atomic E-state index is 0.00176. The first-order valence-corrected chi connectivity index (χ1v) is 5.26. The molecular weight excluding hydrogens is 180 g/mol. The van der Waals surface area contributed by atoms with E-state index in [1.165, 1.54) is 0 Å². The molecule has 0 aromatic carbocycles. The summed E-state index contributed by atoms with van der Waals surface area (Å²) >= 11 is 0. The highest BCUT2D eigenvalue weighted by Crippen LogP contribution is 2.18. The van der Waals surface area contributed by atoms with E-state index in [1.807, 2.05) is 6.92 Å². The number of hydrogen-bond donors (Lipinski definition) is 3. The van der Waals surface area contributed by atoms with Crippen LogP contribution in [0.25, 0.3) is 0 Å². The topological polar surface area (TPSA) is 61.4 Å². The Morgan fingerprint density at radius 1 is 1.64 bits per heavy atom. The summed E-state index contributed by atoms with van der Waals surface area (Å²) in [6.07, 6.45) is 2.62. The van der Waals surface area contributed by atoms with E-state index in [9.17, 15) is 4.79 Å². The van der Waals surface area contributed by atoms with Crippen LogP contribution < -0.4 is 10.6 Å². The Morgan fingerprint density at radius 2 is 2.36 bits per heavy atom. The monoisotopic (exact) mass is 200 g/mol. The molecule has 1 aliphatic heterocycles. The summed E-state index contributed by atoms with van der Waals surface area (Å²) in [5, 5.41) is 15.0. The van der Waals surface area contributed by atoms with Gasteiger partial charge < -0.3 is 15.7 Å². The maximum atomic E-state index is 11.7. The first-order valence-electron chi connectivity index (χ1n) is 5.26. The Balaban J connectivity index is 2.41. The zero-order valence-electron chi connectivity index (χ0n) is 8.97. The maximum Gasteiger partial charge on any atom is 0.240 e. The second kappa shape index (κ2) is 4.75.